The summed E-state index contributed by atoms with van der Waals surface area (Å²) in [6, 6.07) is 17.3. The predicted octanol–water partition coefficient (Wildman–Crippen LogP) is 5.89. The highest BCUT2D eigenvalue weighted by molar-refractivity contribution is 6.35. The fraction of sp³-hybridized carbons (Fsp3) is 0.174. The second-order valence-electron chi connectivity index (χ2n) is 7.25. The van der Waals surface area contributed by atoms with Gasteiger partial charge in [-0.3, -0.25) is 9.78 Å². The minimum Gasteiger partial charge on any atom is -0.307 e. The number of hydrogen-bond acceptors (Lipinski definition) is 3. The Morgan fingerprint density at radius 2 is 1.90 bits per heavy atom. The number of aromatic nitrogens is 3. The van der Waals surface area contributed by atoms with Gasteiger partial charge in [-0.05, 0) is 44.5 Å². The summed E-state index contributed by atoms with van der Waals surface area (Å²) in [5.74, 6) is 0.334. The first-order valence-corrected chi connectivity index (χ1v) is 9.83. The van der Waals surface area contributed by atoms with Crippen molar-refractivity contribution in [2.45, 2.75) is 26.8 Å². The van der Waals surface area contributed by atoms with Gasteiger partial charge in [0.05, 0.1) is 21.8 Å². The number of hydrogen-bond donors (Lipinski definition) is 1. The van der Waals surface area contributed by atoms with E-state index in [-0.39, 0.29) is 11.9 Å². The van der Waals surface area contributed by atoms with E-state index in [1.165, 1.54) is 0 Å². The topological polar surface area (TPSA) is 59.8 Å². The summed E-state index contributed by atoms with van der Waals surface area (Å²) < 4.78 is 1.81. The van der Waals surface area contributed by atoms with Gasteiger partial charge in [0, 0.05) is 29.3 Å². The number of fused-ring (bicyclic) bond motifs is 1. The van der Waals surface area contributed by atoms with Gasteiger partial charge in [0.25, 0.3) is 5.91 Å². The zero-order valence-electron chi connectivity index (χ0n) is 16.5. The molecule has 1 amide bonds. The lowest BCUT2D eigenvalue weighted by atomic mass is 10.1. The number of carbonyl (C=O) groups is 1. The third kappa shape index (κ3) is 3.74. The average molecular weight is 405 g/mol. The molecule has 29 heavy (non-hydrogen) atoms. The molecule has 0 saturated heterocycles. The van der Waals surface area contributed by atoms with Crippen LogP contribution in [0.2, 0.25) is 5.02 Å². The molecule has 5 nitrogen and oxygen atoms in total. The van der Waals surface area contributed by atoms with E-state index in [9.17, 15) is 4.79 Å². The Kier molecular flexibility index (Phi) is 5.07. The van der Waals surface area contributed by atoms with Crippen molar-refractivity contribution >= 4 is 34.2 Å². The molecular formula is C23H21ClN4O. The van der Waals surface area contributed by atoms with Gasteiger partial charge in [-0.2, -0.15) is 5.10 Å². The fourth-order valence-corrected chi connectivity index (χ4v) is 3.58. The van der Waals surface area contributed by atoms with Gasteiger partial charge in [-0.15, -0.1) is 0 Å². The highest BCUT2D eigenvalue weighted by Gasteiger charge is 2.18. The van der Waals surface area contributed by atoms with Crippen LogP contribution in [0.15, 0.2) is 60.8 Å². The summed E-state index contributed by atoms with van der Waals surface area (Å²) in [7, 11) is 0. The van der Waals surface area contributed by atoms with Crippen LogP contribution in [-0.2, 0) is 0 Å². The van der Waals surface area contributed by atoms with E-state index < -0.39 is 0 Å². The lowest BCUT2D eigenvalue weighted by Gasteiger charge is -2.12. The molecule has 0 spiro atoms. The van der Waals surface area contributed by atoms with Crippen LogP contribution < -0.4 is 5.32 Å². The summed E-state index contributed by atoms with van der Waals surface area (Å²) in [5.41, 5.74) is 4.09. The van der Waals surface area contributed by atoms with Gasteiger partial charge in [0.1, 0.15) is 5.82 Å². The Labute approximate surface area is 174 Å². The maximum absolute atomic E-state index is 13.0. The smallest absolute Gasteiger partial charge is 0.258 e. The molecule has 0 aliphatic carbocycles. The van der Waals surface area contributed by atoms with E-state index in [1.54, 1.807) is 18.3 Å². The van der Waals surface area contributed by atoms with E-state index in [0.29, 0.717) is 16.4 Å². The molecule has 0 bridgehead atoms. The van der Waals surface area contributed by atoms with Crippen molar-refractivity contribution in [3.63, 3.8) is 0 Å². The number of pyridine rings is 1. The largest absolute Gasteiger partial charge is 0.307 e. The zero-order chi connectivity index (χ0) is 20.5. The number of benzene rings is 2. The molecule has 0 fully saturated rings. The predicted molar refractivity (Wildman–Crippen MR) is 117 cm³/mol. The first-order valence-electron chi connectivity index (χ1n) is 9.45. The first-order chi connectivity index (χ1) is 13.9. The average Bonchev–Trinajstić information content (AvgIpc) is 3.11. The molecule has 146 valence electrons. The molecule has 0 radical (unpaired) electrons. The number of carbonyl (C=O) groups excluding carboxylic acids is 1. The van der Waals surface area contributed by atoms with Gasteiger partial charge in [0.15, 0.2) is 0 Å². The maximum Gasteiger partial charge on any atom is 0.258 e. The van der Waals surface area contributed by atoms with Crippen molar-refractivity contribution in [1.29, 1.82) is 0 Å². The van der Waals surface area contributed by atoms with Crippen LogP contribution >= 0.6 is 11.6 Å². The van der Waals surface area contributed by atoms with Gasteiger partial charge in [-0.1, -0.05) is 41.9 Å². The van der Waals surface area contributed by atoms with Crippen molar-refractivity contribution in [3.8, 4) is 11.3 Å². The first kappa shape index (κ1) is 19.2. The summed E-state index contributed by atoms with van der Waals surface area (Å²) in [6.45, 7) is 6.10. The van der Waals surface area contributed by atoms with E-state index in [2.05, 4.69) is 10.3 Å². The second-order valence-corrected chi connectivity index (χ2v) is 7.66. The molecular weight excluding hydrogens is 384 g/mol. The third-order valence-electron chi connectivity index (χ3n) is 4.82. The van der Waals surface area contributed by atoms with Gasteiger partial charge >= 0.3 is 0 Å². The van der Waals surface area contributed by atoms with E-state index in [1.807, 2.05) is 67.9 Å². The van der Waals surface area contributed by atoms with Crippen LogP contribution in [0, 0.1) is 6.92 Å². The molecule has 2 aromatic carbocycles. The summed E-state index contributed by atoms with van der Waals surface area (Å²) >= 11 is 6.38. The molecule has 0 aliphatic heterocycles. The van der Waals surface area contributed by atoms with Gasteiger partial charge in [-0.25, -0.2) is 4.68 Å². The third-order valence-corrected chi connectivity index (χ3v) is 5.14. The highest BCUT2D eigenvalue weighted by Crippen LogP contribution is 2.28. The maximum atomic E-state index is 13.0. The minimum atomic E-state index is -0.291. The van der Waals surface area contributed by atoms with Crippen LogP contribution in [0.1, 0.15) is 35.8 Å². The standard InChI is InChI=1S/C23H21ClN4O/c1-14(2)28-22(13-21(27-28)17-9-5-4-7-15(17)3)26-23(29)18-12-20-16(11-19(18)24)8-6-10-25-20/h4-14H,1-3H3,(H,26,29). The van der Waals surface area contributed by atoms with Crippen molar-refractivity contribution in [3.05, 3.63) is 76.9 Å². The number of nitrogens with one attached hydrogen (secondary N) is 1. The summed E-state index contributed by atoms with van der Waals surface area (Å²) in [5, 5.41) is 8.97. The molecule has 4 aromatic rings. The van der Waals surface area contributed by atoms with E-state index >= 15 is 0 Å². The van der Waals surface area contributed by atoms with Crippen molar-refractivity contribution in [1.82, 2.24) is 14.8 Å². The van der Waals surface area contributed by atoms with Crippen LogP contribution in [0.4, 0.5) is 5.82 Å². The molecule has 0 aliphatic rings. The van der Waals surface area contributed by atoms with Crippen molar-refractivity contribution in [2.24, 2.45) is 0 Å². The normalized spacial score (nSPS) is 11.2. The van der Waals surface area contributed by atoms with Crippen molar-refractivity contribution < 1.29 is 4.79 Å². The molecule has 6 heteroatoms. The number of aryl methyl sites for hydroxylation is 1. The van der Waals surface area contributed by atoms with Gasteiger partial charge in [0.2, 0.25) is 0 Å². The SMILES string of the molecule is Cc1ccccc1-c1cc(NC(=O)c2cc3ncccc3cc2Cl)n(C(C)C)n1. The molecule has 0 unspecified atom stereocenters. The molecule has 0 atom stereocenters. The molecule has 2 aromatic heterocycles. The van der Waals surface area contributed by atoms with Crippen LogP contribution in [-0.4, -0.2) is 20.7 Å². The Bertz CT molecular complexity index is 1210. The lowest BCUT2D eigenvalue weighted by Crippen LogP contribution is -2.17. The summed E-state index contributed by atoms with van der Waals surface area (Å²) in [4.78, 5) is 17.3. The Hall–Kier alpha value is -3.18. The summed E-state index contributed by atoms with van der Waals surface area (Å²) in [6.07, 6.45) is 1.69. The Morgan fingerprint density at radius 1 is 1.10 bits per heavy atom. The lowest BCUT2D eigenvalue weighted by molar-refractivity contribution is 0.102. The molecule has 0 saturated carbocycles. The number of rotatable bonds is 4. The monoisotopic (exact) mass is 404 g/mol. The minimum absolute atomic E-state index is 0.0804. The zero-order valence-corrected chi connectivity index (χ0v) is 17.2. The number of nitrogens with zero attached hydrogens (tertiary/aromatic N) is 3. The van der Waals surface area contributed by atoms with Crippen LogP contribution in [0.5, 0.6) is 0 Å². The van der Waals surface area contributed by atoms with Crippen molar-refractivity contribution in [2.75, 3.05) is 5.32 Å². The second kappa shape index (κ2) is 7.68. The quantitative estimate of drug-likeness (QED) is 0.461. The fourth-order valence-electron chi connectivity index (χ4n) is 3.32. The molecule has 4 rings (SSSR count). The number of amides is 1. The van der Waals surface area contributed by atoms with Crippen LogP contribution in [0.25, 0.3) is 22.2 Å². The van der Waals surface area contributed by atoms with Crippen LogP contribution in [0.3, 0.4) is 0 Å². The highest BCUT2D eigenvalue weighted by atomic mass is 35.5. The van der Waals surface area contributed by atoms with E-state index in [0.717, 1.165) is 27.7 Å². The Morgan fingerprint density at radius 3 is 2.66 bits per heavy atom. The number of halogens is 1. The van der Waals surface area contributed by atoms with Gasteiger partial charge < -0.3 is 5.32 Å². The molecule has 1 N–H and O–H groups in total. The number of anilines is 1. The van der Waals surface area contributed by atoms with E-state index in [4.69, 9.17) is 16.7 Å². The molecule has 2 heterocycles. The Balaban J connectivity index is 1.71.